The Bertz CT molecular complexity index is 969. The average Bonchev–Trinajstić information content (AvgIpc) is 3.52. The summed E-state index contributed by atoms with van der Waals surface area (Å²) in [5.74, 6) is 0.0695. The zero-order chi connectivity index (χ0) is 33.2. The van der Waals surface area contributed by atoms with E-state index in [1.807, 2.05) is 13.8 Å². The monoisotopic (exact) mass is 642 g/mol. The van der Waals surface area contributed by atoms with Gasteiger partial charge >= 0.3 is 0 Å². The van der Waals surface area contributed by atoms with Crippen molar-refractivity contribution in [3.05, 3.63) is 0 Å². The molecule has 2 heterocycles. The van der Waals surface area contributed by atoms with E-state index in [9.17, 15) is 10.2 Å². The summed E-state index contributed by atoms with van der Waals surface area (Å²) >= 11 is 0. The van der Waals surface area contributed by atoms with Crippen LogP contribution in [0.15, 0.2) is 10.3 Å². The van der Waals surface area contributed by atoms with Crippen LogP contribution >= 0.6 is 0 Å². The predicted molar refractivity (Wildman–Crippen MR) is 183 cm³/mol. The van der Waals surface area contributed by atoms with Crippen molar-refractivity contribution < 1.29 is 28.7 Å². The molecule has 0 spiro atoms. The van der Waals surface area contributed by atoms with E-state index >= 15 is 0 Å². The molecule has 0 saturated carbocycles. The molecule has 252 valence electrons. The summed E-state index contributed by atoms with van der Waals surface area (Å²) in [4.78, 5) is 12.2. The Balaban J connectivity index is 2.33. The van der Waals surface area contributed by atoms with Gasteiger partial charge in [-0.1, -0.05) is 86.5 Å². The highest BCUT2D eigenvalue weighted by Crippen LogP contribution is 2.43. The van der Waals surface area contributed by atoms with E-state index in [2.05, 4.69) is 87.5 Å². The quantitative estimate of drug-likeness (QED) is 0.167. The Kier molecular flexibility index (Phi) is 12.8. The highest BCUT2D eigenvalue weighted by Gasteiger charge is 2.53. The minimum atomic E-state index is -2.04. The molecular formula is C33H66N2O6Si2. The second-order valence-electron chi connectivity index (χ2n) is 15.5. The SMILES string of the molecule is CC[C@@H](O)[C@@](C)(O)[C@@H]1ON=C([C@H](C)C[C@@](C)(O[Si](CC)(CC)CC)[C@@H]2ON=C([C@@H](C)CO[Si](C)(C)C(C)(C)C)[C@@H]2C)[C@@H]1C. The average molecular weight is 643 g/mol. The molecule has 0 aliphatic carbocycles. The van der Waals surface area contributed by atoms with Gasteiger partial charge in [-0.3, -0.25) is 0 Å². The van der Waals surface area contributed by atoms with E-state index in [4.69, 9.17) is 23.7 Å². The Morgan fingerprint density at radius 1 is 0.837 bits per heavy atom. The molecule has 2 rings (SSSR count). The van der Waals surface area contributed by atoms with Gasteiger partial charge in [0.05, 0.1) is 23.1 Å². The first-order valence-electron chi connectivity index (χ1n) is 16.9. The maximum Gasteiger partial charge on any atom is 0.193 e. The van der Waals surface area contributed by atoms with Gasteiger partial charge in [-0.2, -0.15) is 0 Å². The van der Waals surface area contributed by atoms with Crippen molar-refractivity contribution in [1.29, 1.82) is 0 Å². The van der Waals surface area contributed by atoms with Crippen molar-refractivity contribution in [2.75, 3.05) is 6.61 Å². The van der Waals surface area contributed by atoms with E-state index in [-0.39, 0.29) is 34.8 Å². The lowest BCUT2D eigenvalue weighted by molar-refractivity contribution is -0.156. The minimum Gasteiger partial charge on any atom is -0.416 e. The van der Waals surface area contributed by atoms with Crippen LogP contribution in [0.4, 0.5) is 0 Å². The van der Waals surface area contributed by atoms with Gasteiger partial charge in [-0.15, -0.1) is 0 Å². The fraction of sp³-hybridized carbons (Fsp3) is 0.939. The zero-order valence-corrected chi connectivity index (χ0v) is 32.2. The lowest BCUT2D eigenvalue weighted by Gasteiger charge is -2.45. The van der Waals surface area contributed by atoms with Crippen LogP contribution < -0.4 is 0 Å². The third-order valence-electron chi connectivity index (χ3n) is 11.2. The standard InChI is InChI=1S/C33H66N2O6Si2/c1-16-26(36)33(13,37)30-25(8)27(34-40-30)22(5)20-32(12,41-43(17-2,18-3)19-4)29-24(7)28(35-39-29)23(6)21-38-42(14,15)31(9,10)11/h22-26,29-30,36-37H,16-21H2,1-15H3/t22-,23+,24+,25+,26-,29-,30-,32-,33-/m1/s1. The predicted octanol–water partition coefficient (Wildman–Crippen LogP) is 7.75. The summed E-state index contributed by atoms with van der Waals surface area (Å²) in [6.07, 6.45) is -0.620. The number of nitrogens with zero attached hydrogens (tertiary/aromatic N) is 2. The summed E-state index contributed by atoms with van der Waals surface area (Å²) in [7, 11) is -3.93. The third-order valence-corrected chi connectivity index (χ3v) is 20.5. The number of aliphatic hydroxyl groups is 2. The smallest absolute Gasteiger partial charge is 0.193 e. The van der Waals surface area contributed by atoms with E-state index in [0.29, 0.717) is 19.4 Å². The maximum absolute atomic E-state index is 11.2. The van der Waals surface area contributed by atoms with Crippen LogP contribution in [0, 0.1) is 23.7 Å². The summed E-state index contributed by atoms with van der Waals surface area (Å²) in [6, 6.07) is 3.11. The minimum absolute atomic E-state index is 0.0102. The van der Waals surface area contributed by atoms with Gasteiger partial charge in [0.25, 0.3) is 0 Å². The molecule has 0 aromatic rings. The lowest BCUT2D eigenvalue weighted by Crippen LogP contribution is -2.56. The molecule has 0 unspecified atom stereocenters. The molecule has 0 aromatic heterocycles. The molecule has 43 heavy (non-hydrogen) atoms. The molecular weight excluding hydrogens is 577 g/mol. The molecule has 9 atom stereocenters. The van der Waals surface area contributed by atoms with Crippen LogP contribution in [-0.2, 0) is 18.5 Å². The second kappa shape index (κ2) is 14.3. The second-order valence-corrected chi connectivity index (χ2v) is 25.0. The zero-order valence-electron chi connectivity index (χ0n) is 30.2. The van der Waals surface area contributed by atoms with Gasteiger partial charge in [-0.05, 0) is 63.0 Å². The molecule has 2 aliphatic rings. The Hall–Kier alpha value is -0.786. The summed E-state index contributed by atoms with van der Waals surface area (Å²) < 4.78 is 13.9. The van der Waals surface area contributed by atoms with Gasteiger partial charge in [-0.25, -0.2) is 0 Å². The Labute approximate surface area is 265 Å². The lowest BCUT2D eigenvalue weighted by atomic mass is 9.75. The highest BCUT2D eigenvalue weighted by atomic mass is 28.4. The summed E-state index contributed by atoms with van der Waals surface area (Å²) in [6.45, 7) is 33.1. The number of aliphatic hydroxyl groups excluding tert-OH is 1. The number of oxime groups is 2. The van der Waals surface area contributed by atoms with Gasteiger partial charge in [0.2, 0.25) is 0 Å². The molecule has 0 fully saturated rings. The fourth-order valence-electron chi connectivity index (χ4n) is 6.85. The summed E-state index contributed by atoms with van der Waals surface area (Å²) in [5.41, 5.74) is -0.0720. The van der Waals surface area contributed by atoms with Crippen LogP contribution in [0.2, 0.25) is 36.3 Å². The Morgan fingerprint density at radius 3 is 1.77 bits per heavy atom. The molecule has 8 nitrogen and oxygen atoms in total. The number of rotatable bonds is 16. The molecule has 0 radical (unpaired) electrons. The van der Waals surface area contributed by atoms with E-state index in [0.717, 1.165) is 29.6 Å². The molecule has 0 bridgehead atoms. The van der Waals surface area contributed by atoms with Gasteiger partial charge in [0.1, 0.15) is 5.60 Å². The number of hydrogen-bond donors (Lipinski definition) is 2. The topological polar surface area (TPSA) is 102 Å². The first-order chi connectivity index (χ1) is 19.7. The fourth-order valence-corrected chi connectivity index (χ4v) is 11.1. The molecule has 2 N–H and O–H groups in total. The van der Waals surface area contributed by atoms with E-state index < -0.39 is 40.0 Å². The van der Waals surface area contributed by atoms with Crippen LogP contribution in [0.25, 0.3) is 0 Å². The van der Waals surface area contributed by atoms with Crippen molar-refractivity contribution in [2.45, 2.75) is 169 Å². The van der Waals surface area contributed by atoms with Crippen LogP contribution in [0.5, 0.6) is 0 Å². The van der Waals surface area contributed by atoms with E-state index in [1.165, 1.54) is 0 Å². The van der Waals surface area contributed by atoms with E-state index in [1.54, 1.807) is 6.92 Å². The van der Waals surface area contributed by atoms with Crippen LogP contribution in [0.1, 0.15) is 103 Å². The normalized spacial score (nSPS) is 28.2. The maximum atomic E-state index is 11.2. The van der Waals surface area contributed by atoms with Gasteiger partial charge in [0.15, 0.2) is 28.8 Å². The molecule has 0 amide bonds. The molecule has 0 aromatic carbocycles. The van der Waals surface area contributed by atoms with Gasteiger partial charge in [0, 0.05) is 30.3 Å². The van der Waals surface area contributed by atoms with Gasteiger partial charge < -0.3 is 28.7 Å². The largest absolute Gasteiger partial charge is 0.416 e. The third kappa shape index (κ3) is 8.14. The molecule has 10 heteroatoms. The number of hydrogen-bond acceptors (Lipinski definition) is 8. The van der Waals surface area contributed by atoms with Crippen molar-refractivity contribution in [3.8, 4) is 0 Å². The first-order valence-corrected chi connectivity index (χ1v) is 22.3. The molecule has 2 aliphatic heterocycles. The van der Waals surface area contributed by atoms with Crippen molar-refractivity contribution in [2.24, 2.45) is 34.0 Å². The molecule has 0 saturated heterocycles. The van der Waals surface area contributed by atoms with Crippen LogP contribution in [0.3, 0.4) is 0 Å². The highest BCUT2D eigenvalue weighted by molar-refractivity contribution is 6.74. The first kappa shape index (κ1) is 38.4. The summed E-state index contributed by atoms with van der Waals surface area (Å²) in [5, 5.41) is 31.0. The van der Waals surface area contributed by atoms with Crippen molar-refractivity contribution >= 4 is 28.1 Å². The van der Waals surface area contributed by atoms with Crippen LogP contribution in [-0.4, -0.2) is 74.4 Å². The van der Waals surface area contributed by atoms with Crippen molar-refractivity contribution in [3.63, 3.8) is 0 Å². The van der Waals surface area contributed by atoms with Crippen molar-refractivity contribution in [1.82, 2.24) is 0 Å². The Morgan fingerprint density at radius 2 is 1.30 bits per heavy atom.